The van der Waals surface area contributed by atoms with Gasteiger partial charge in [0.25, 0.3) is 10.0 Å². The molecule has 1 aromatic heterocycles. The molecule has 0 unspecified atom stereocenters. The summed E-state index contributed by atoms with van der Waals surface area (Å²) in [4.78, 5) is 7.09. The molecule has 9 heteroatoms. The van der Waals surface area contributed by atoms with Gasteiger partial charge in [0, 0.05) is 6.20 Å². The molecule has 1 N–H and O–H groups in total. The van der Waals surface area contributed by atoms with E-state index in [1.165, 1.54) is 24.4 Å². The largest absolute Gasteiger partial charge is 0.263 e. The Bertz CT molecular complexity index is 726. The zero-order valence-electron chi connectivity index (χ0n) is 9.14. The summed E-state index contributed by atoms with van der Waals surface area (Å²) in [6.45, 7) is 0. The van der Waals surface area contributed by atoms with Gasteiger partial charge in [0.2, 0.25) is 5.28 Å². The smallest absolute Gasteiger partial charge is 0.263 e. The minimum atomic E-state index is -3.93. The normalized spacial score (nSPS) is 11.3. The Hall–Kier alpha value is -1.25. The van der Waals surface area contributed by atoms with Crippen LogP contribution in [0.4, 0.5) is 10.2 Å². The number of sulfonamides is 1. The van der Waals surface area contributed by atoms with Gasteiger partial charge >= 0.3 is 0 Å². The molecule has 0 amide bonds. The molecule has 0 aliphatic rings. The fraction of sp³-hybridized carbons (Fsp3) is 0. The van der Waals surface area contributed by atoms with Crippen LogP contribution >= 0.6 is 27.5 Å². The van der Waals surface area contributed by atoms with E-state index in [9.17, 15) is 12.8 Å². The molecule has 100 valence electrons. The summed E-state index contributed by atoms with van der Waals surface area (Å²) in [5.41, 5.74) is 0. The molecule has 2 aromatic rings. The molecule has 0 bridgehead atoms. The first-order valence-corrected chi connectivity index (χ1v) is 7.50. The van der Waals surface area contributed by atoms with Gasteiger partial charge in [0.05, 0.1) is 9.37 Å². The van der Waals surface area contributed by atoms with E-state index in [0.717, 1.165) is 6.07 Å². The number of aromatic nitrogens is 2. The third-order valence-electron chi connectivity index (χ3n) is 2.07. The second-order valence-electron chi connectivity index (χ2n) is 3.39. The summed E-state index contributed by atoms with van der Waals surface area (Å²) >= 11 is 8.49. The molecule has 5 nitrogen and oxygen atoms in total. The third-order valence-corrected chi connectivity index (χ3v) is 4.24. The van der Waals surface area contributed by atoms with Gasteiger partial charge in [-0.15, -0.1) is 0 Å². The average Bonchev–Trinajstić information content (AvgIpc) is 2.32. The van der Waals surface area contributed by atoms with E-state index >= 15 is 0 Å². The van der Waals surface area contributed by atoms with Crippen LogP contribution in [-0.2, 0) is 10.0 Å². The molecule has 1 heterocycles. The van der Waals surface area contributed by atoms with Crippen molar-refractivity contribution in [1.82, 2.24) is 9.97 Å². The monoisotopic (exact) mass is 365 g/mol. The Kier molecular flexibility index (Phi) is 4.02. The number of hydrogen-bond donors (Lipinski definition) is 1. The van der Waals surface area contributed by atoms with Gasteiger partial charge in [-0.05, 0) is 51.8 Å². The van der Waals surface area contributed by atoms with Crippen molar-refractivity contribution in [2.75, 3.05) is 4.72 Å². The number of hydrogen-bond acceptors (Lipinski definition) is 4. The van der Waals surface area contributed by atoms with E-state index in [2.05, 4.69) is 30.6 Å². The van der Waals surface area contributed by atoms with Crippen LogP contribution in [0.3, 0.4) is 0 Å². The van der Waals surface area contributed by atoms with Crippen molar-refractivity contribution in [2.24, 2.45) is 0 Å². The summed E-state index contributed by atoms with van der Waals surface area (Å²) in [7, 11) is -3.93. The highest BCUT2D eigenvalue weighted by atomic mass is 79.9. The number of halogens is 3. The summed E-state index contributed by atoms with van der Waals surface area (Å²) in [6.07, 6.45) is 1.30. The van der Waals surface area contributed by atoms with Crippen LogP contribution < -0.4 is 4.72 Å². The number of nitrogens with one attached hydrogen (secondary N) is 1. The lowest BCUT2D eigenvalue weighted by Gasteiger charge is -2.07. The van der Waals surface area contributed by atoms with Gasteiger partial charge in [-0.1, -0.05) is 0 Å². The first kappa shape index (κ1) is 14.2. The van der Waals surface area contributed by atoms with Crippen LogP contribution in [0, 0.1) is 5.82 Å². The molecule has 0 radical (unpaired) electrons. The van der Waals surface area contributed by atoms with Gasteiger partial charge in [-0.25, -0.2) is 17.8 Å². The Balaban J connectivity index is 2.35. The Labute approximate surface area is 122 Å². The van der Waals surface area contributed by atoms with Crippen LogP contribution in [0.25, 0.3) is 0 Å². The van der Waals surface area contributed by atoms with Crippen LogP contribution in [0.1, 0.15) is 0 Å². The quantitative estimate of drug-likeness (QED) is 0.848. The molecule has 0 aliphatic carbocycles. The average molecular weight is 367 g/mol. The predicted octanol–water partition coefficient (Wildman–Crippen LogP) is 2.83. The first-order chi connectivity index (χ1) is 8.88. The summed E-state index contributed by atoms with van der Waals surface area (Å²) in [6, 6.07) is 4.79. The minimum Gasteiger partial charge on any atom is -0.263 e. The molecular weight excluding hydrogens is 361 g/mol. The van der Waals surface area contributed by atoms with Crippen molar-refractivity contribution in [3.05, 3.63) is 46.0 Å². The fourth-order valence-corrected chi connectivity index (χ4v) is 2.64. The molecule has 0 fully saturated rings. The molecule has 0 spiro atoms. The third kappa shape index (κ3) is 3.40. The molecule has 1 aromatic carbocycles. The fourth-order valence-electron chi connectivity index (χ4n) is 1.23. The summed E-state index contributed by atoms with van der Waals surface area (Å²) in [5, 5.41) is -0.0952. The van der Waals surface area contributed by atoms with E-state index in [1.54, 1.807) is 0 Å². The molecule has 0 saturated heterocycles. The second kappa shape index (κ2) is 5.40. The Morgan fingerprint density at radius 2 is 2.05 bits per heavy atom. The lowest BCUT2D eigenvalue weighted by molar-refractivity contribution is 0.593. The topological polar surface area (TPSA) is 72.0 Å². The van der Waals surface area contributed by atoms with Crippen molar-refractivity contribution in [1.29, 1.82) is 0 Å². The van der Waals surface area contributed by atoms with Crippen LogP contribution in [0.5, 0.6) is 0 Å². The minimum absolute atomic E-state index is 0.00308. The zero-order chi connectivity index (χ0) is 14.0. The highest BCUT2D eigenvalue weighted by Crippen LogP contribution is 2.21. The molecular formula is C10H6BrClFN3O2S. The molecule has 0 saturated carbocycles. The van der Waals surface area contributed by atoms with Gasteiger partial charge in [-0.3, -0.25) is 4.72 Å². The van der Waals surface area contributed by atoms with Crippen molar-refractivity contribution in [3.63, 3.8) is 0 Å². The second-order valence-corrected chi connectivity index (χ2v) is 6.27. The number of rotatable bonds is 3. The van der Waals surface area contributed by atoms with Crippen molar-refractivity contribution < 1.29 is 12.8 Å². The van der Waals surface area contributed by atoms with E-state index in [0.29, 0.717) is 0 Å². The predicted molar refractivity (Wildman–Crippen MR) is 72.0 cm³/mol. The van der Waals surface area contributed by atoms with Gasteiger partial charge < -0.3 is 0 Å². The standard InChI is InChI=1S/C10H6BrClFN3O2S/c11-7-2-1-6(5-8(7)13)19(17,18)16-9-3-4-14-10(12)15-9/h1-5H,(H,14,15,16). The van der Waals surface area contributed by atoms with Gasteiger partial charge in [0.1, 0.15) is 11.6 Å². The lowest BCUT2D eigenvalue weighted by atomic mass is 10.3. The summed E-state index contributed by atoms with van der Waals surface area (Å²) < 4.78 is 39.6. The van der Waals surface area contributed by atoms with Crippen molar-refractivity contribution in [3.8, 4) is 0 Å². The van der Waals surface area contributed by atoms with Crippen LogP contribution in [0.15, 0.2) is 39.8 Å². The molecule has 2 rings (SSSR count). The molecule has 0 atom stereocenters. The van der Waals surface area contributed by atoms with E-state index in [-0.39, 0.29) is 20.5 Å². The van der Waals surface area contributed by atoms with Crippen molar-refractivity contribution in [2.45, 2.75) is 4.90 Å². The first-order valence-electron chi connectivity index (χ1n) is 4.85. The van der Waals surface area contributed by atoms with Gasteiger partial charge in [-0.2, -0.15) is 4.98 Å². The molecule has 0 aliphatic heterocycles. The van der Waals surface area contributed by atoms with E-state index < -0.39 is 15.8 Å². The van der Waals surface area contributed by atoms with Crippen molar-refractivity contribution >= 4 is 43.4 Å². The highest BCUT2D eigenvalue weighted by Gasteiger charge is 2.16. The Morgan fingerprint density at radius 3 is 2.68 bits per heavy atom. The van der Waals surface area contributed by atoms with Gasteiger partial charge in [0.15, 0.2) is 0 Å². The number of anilines is 1. The lowest BCUT2D eigenvalue weighted by Crippen LogP contribution is -2.14. The Morgan fingerprint density at radius 1 is 1.32 bits per heavy atom. The maximum absolute atomic E-state index is 13.3. The number of nitrogens with zero attached hydrogens (tertiary/aromatic N) is 2. The SMILES string of the molecule is O=S(=O)(Nc1ccnc(Cl)n1)c1ccc(Br)c(F)c1. The molecule has 19 heavy (non-hydrogen) atoms. The maximum Gasteiger partial charge on any atom is 0.263 e. The number of benzene rings is 1. The highest BCUT2D eigenvalue weighted by molar-refractivity contribution is 9.10. The zero-order valence-corrected chi connectivity index (χ0v) is 12.3. The van der Waals surface area contributed by atoms with Crippen LogP contribution in [-0.4, -0.2) is 18.4 Å². The van der Waals surface area contributed by atoms with E-state index in [4.69, 9.17) is 11.6 Å². The van der Waals surface area contributed by atoms with E-state index in [1.807, 2.05) is 0 Å². The maximum atomic E-state index is 13.3. The van der Waals surface area contributed by atoms with Crippen LogP contribution in [0.2, 0.25) is 5.28 Å². The summed E-state index contributed by atoms with van der Waals surface area (Å²) in [5.74, 6) is -0.674.